The standard InChI is InChI=1S/C28H33N/c1-4-7-9-11-13-15-23-18-20-27-26(21-23)25-19-17-24(16-14-12-10-8-5-2)22-28(25)29(27)6-3/h17-22H,4-12H2,1-3H3. The SMILES string of the molecule is CCCCCC#Cc1ccc2c(c1)c1ccc(C#CCCCCC)cc1n2CC. The van der Waals surface area contributed by atoms with E-state index in [2.05, 4.69) is 85.4 Å². The van der Waals surface area contributed by atoms with Gasteiger partial charge in [0.15, 0.2) is 0 Å². The Morgan fingerprint density at radius 2 is 1.28 bits per heavy atom. The maximum atomic E-state index is 3.36. The Morgan fingerprint density at radius 3 is 1.90 bits per heavy atom. The van der Waals surface area contributed by atoms with Gasteiger partial charge in [-0.1, -0.05) is 69.3 Å². The fourth-order valence-corrected chi connectivity index (χ4v) is 3.85. The van der Waals surface area contributed by atoms with Gasteiger partial charge in [0.05, 0.1) is 5.52 Å². The van der Waals surface area contributed by atoms with E-state index in [-0.39, 0.29) is 0 Å². The molecule has 3 aromatic rings. The summed E-state index contributed by atoms with van der Waals surface area (Å²) in [5, 5.41) is 2.60. The van der Waals surface area contributed by atoms with E-state index < -0.39 is 0 Å². The van der Waals surface area contributed by atoms with Crippen LogP contribution in [0.1, 0.15) is 83.3 Å². The Labute approximate surface area is 176 Å². The van der Waals surface area contributed by atoms with Crippen LogP contribution in [0.4, 0.5) is 0 Å². The van der Waals surface area contributed by atoms with Gasteiger partial charge >= 0.3 is 0 Å². The first-order valence-corrected chi connectivity index (χ1v) is 11.3. The summed E-state index contributed by atoms with van der Waals surface area (Å²) in [5.74, 6) is 13.4. The highest BCUT2D eigenvalue weighted by Crippen LogP contribution is 2.30. The molecule has 0 fully saturated rings. The topological polar surface area (TPSA) is 4.93 Å². The largest absolute Gasteiger partial charge is 0.341 e. The monoisotopic (exact) mass is 383 g/mol. The predicted octanol–water partition coefficient (Wildman–Crippen LogP) is 7.68. The third kappa shape index (κ3) is 5.25. The Morgan fingerprint density at radius 1 is 0.655 bits per heavy atom. The van der Waals surface area contributed by atoms with E-state index in [1.54, 1.807) is 0 Å². The zero-order valence-electron chi connectivity index (χ0n) is 18.3. The van der Waals surface area contributed by atoms with Crippen LogP contribution in [0, 0.1) is 23.7 Å². The van der Waals surface area contributed by atoms with Crippen molar-refractivity contribution in [3.05, 3.63) is 47.5 Å². The Balaban J connectivity index is 1.91. The molecule has 0 amide bonds. The van der Waals surface area contributed by atoms with Crippen molar-refractivity contribution in [3.8, 4) is 23.7 Å². The van der Waals surface area contributed by atoms with Gasteiger partial charge in [-0.15, -0.1) is 0 Å². The highest BCUT2D eigenvalue weighted by atomic mass is 15.0. The molecule has 0 aliphatic rings. The molecule has 0 bridgehead atoms. The van der Waals surface area contributed by atoms with E-state index in [4.69, 9.17) is 0 Å². The highest BCUT2D eigenvalue weighted by molar-refractivity contribution is 6.08. The van der Waals surface area contributed by atoms with E-state index in [0.717, 1.165) is 30.5 Å². The van der Waals surface area contributed by atoms with Crippen LogP contribution >= 0.6 is 0 Å². The van der Waals surface area contributed by atoms with Crippen LogP contribution in [-0.4, -0.2) is 4.57 Å². The first kappa shape index (κ1) is 21.1. The van der Waals surface area contributed by atoms with Crippen LogP contribution in [0.15, 0.2) is 36.4 Å². The second-order valence-electron chi connectivity index (χ2n) is 7.73. The molecule has 3 rings (SSSR count). The van der Waals surface area contributed by atoms with E-state index in [1.165, 1.54) is 60.3 Å². The maximum absolute atomic E-state index is 3.36. The zero-order chi connectivity index (χ0) is 20.5. The Bertz CT molecular complexity index is 1080. The maximum Gasteiger partial charge on any atom is 0.0503 e. The first-order valence-electron chi connectivity index (χ1n) is 11.3. The number of hydrogen-bond acceptors (Lipinski definition) is 0. The van der Waals surface area contributed by atoms with E-state index in [0.29, 0.717) is 0 Å². The van der Waals surface area contributed by atoms with Gasteiger partial charge < -0.3 is 4.57 Å². The van der Waals surface area contributed by atoms with Gasteiger partial charge in [-0.25, -0.2) is 0 Å². The molecule has 1 nitrogen and oxygen atoms in total. The normalized spacial score (nSPS) is 10.6. The van der Waals surface area contributed by atoms with Crippen LogP contribution < -0.4 is 0 Å². The summed E-state index contributed by atoms with van der Waals surface area (Å²) < 4.78 is 2.39. The van der Waals surface area contributed by atoms with Crippen LogP contribution in [-0.2, 0) is 6.54 Å². The van der Waals surface area contributed by atoms with Crippen LogP contribution in [0.25, 0.3) is 21.8 Å². The van der Waals surface area contributed by atoms with Crippen molar-refractivity contribution in [2.24, 2.45) is 0 Å². The molecule has 0 aliphatic carbocycles. The van der Waals surface area contributed by atoms with E-state index in [1.807, 2.05) is 0 Å². The number of benzene rings is 2. The zero-order valence-corrected chi connectivity index (χ0v) is 18.3. The summed E-state index contributed by atoms with van der Waals surface area (Å²) in [6.45, 7) is 7.63. The second kappa shape index (κ2) is 10.8. The lowest BCUT2D eigenvalue weighted by Crippen LogP contribution is -1.93. The molecule has 0 aliphatic heterocycles. The van der Waals surface area contributed by atoms with Gasteiger partial charge in [0.25, 0.3) is 0 Å². The minimum atomic E-state index is 0.954. The summed E-state index contributed by atoms with van der Waals surface area (Å²) in [5.41, 5.74) is 4.79. The Kier molecular flexibility index (Phi) is 7.84. The van der Waals surface area contributed by atoms with Crippen molar-refractivity contribution in [2.75, 3.05) is 0 Å². The predicted molar refractivity (Wildman–Crippen MR) is 127 cm³/mol. The number of rotatable bonds is 7. The smallest absolute Gasteiger partial charge is 0.0503 e. The van der Waals surface area contributed by atoms with Crippen molar-refractivity contribution < 1.29 is 0 Å². The average Bonchev–Trinajstić information content (AvgIpc) is 3.05. The van der Waals surface area contributed by atoms with Crippen molar-refractivity contribution >= 4 is 21.8 Å². The average molecular weight is 384 g/mol. The molecule has 0 spiro atoms. The lowest BCUT2D eigenvalue weighted by molar-refractivity contribution is 0.737. The third-order valence-electron chi connectivity index (χ3n) is 5.46. The van der Waals surface area contributed by atoms with Gasteiger partial charge in [0.2, 0.25) is 0 Å². The van der Waals surface area contributed by atoms with Gasteiger partial charge in [-0.3, -0.25) is 0 Å². The molecule has 0 N–H and O–H groups in total. The minimum absolute atomic E-state index is 0.954. The number of hydrogen-bond donors (Lipinski definition) is 0. The fourth-order valence-electron chi connectivity index (χ4n) is 3.85. The molecule has 2 aromatic carbocycles. The molecular formula is C28H33N. The highest BCUT2D eigenvalue weighted by Gasteiger charge is 2.10. The molecule has 0 atom stereocenters. The summed E-state index contributed by atoms with van der Waals surface area (Å²) in [6.07, 6.45) is 9.39. The molecule has 1 aromatic heterocycles. The van der Waals surface area contributed by atoms with Crippen molar-refractivity contribution in [1.82, 2.24) is 4.57 Å². The fraction of sp³-hybridized carbons (Fsp3) is 0.429. The van der Waals surface area contributed by atoms with Crippen molar-refractivity contribution in [2.45, 2.75) is 78.7 Å². The summed E-state index contributed by atoms with van der Waals surface area (Å²) in [6, 6.07) is 13.3. The molecule has 0 saturated carbocycles. The number of aryl methyl sites for hydroxylation is 1. The molecule has 1 heterocycles. The summed E-state index contributed by atoms with van der Waals surface area (Å²) in [7, 11) is 0. The summed E-state index contributed by atoms with van der Waals surface area (Å²) >= 11 is 0. The quantitative estimate of drug-likeness (QED) is 0.291. The molecule has 0 radical (unpaired) electrons. The van der Waals surface area contributed by atoms with Crippen molar-refractivity contribution in [3.63, 3.8) is 0 Å². The lowest BCUT2D eigenvalue weighted by atomic mass is 10.1. The molecular weight excluding hydrogens is 350 g/mol. The molecule has 0 unspecified atom stereocenters. The molecule has 29 heavy (non-hydrogen) atoms. The van der Waals surface area contributed by atoms with Crippen molar-refractivity contribution in [1.29, 1.82) is 0 Å². The van der Waals surface area contributed by atoms with Gasteiger partial charge in [-0.05, 0) is 50.1 Å². The van der Waals surface area contributed by atoms with Crippen LogP contribution in [0.3, 0.4) is 0 Å². The lowest BCUT2D eigenvalue weighted by Gasteiger charge is -2.03. The second-order valence-corrected chi connectivity index (χ2v) is 7.73. The van der Waals surface area contributed by atoms with Gasteiger partial charge in [-0.2, -0.15) is 0 Å². The third-order valence-corrected chi connectivity index (χ3v) is 5.46. The minimum Gasteiger partial charge on any atom is -0.341 e. The van der Waals surface area contributed by atoms with Gasteiger partial charge in [0, 0.05) is 46.8 Å². The summed E-state index contributed by atoms with van der Waals surface area (Å²) in [4.78, 5) is 0. The Hall–Kier alpha value is -2.64. The first-order chi connectivity index (χ1) is 14.3. The van der Waals surface area contributed by atoms with Crippen LogP contribution in [0.5, 0.6) is 0 Å². The number of aromatic nitrogens is 1. The van der Waals surface area contributed by atoms with Gasteiger partial charge in [0.1, 0.15) is 0 Å². The van der Waals surface area contributed by atoms with E-state index in [9.17, 15) is 0 Å². The molecule has 150 valence electrons. The molecule has 1 heteroatoms. The van der Waals surface area contributed by atoms with Crippen LogP contribution in [0.2, 0.25) is 0 Å². The number of fused-ring (bicyclic) bond motifs is 3. The molecule has 0 saturated heterocycles. The number of unbranched alkanes of at least 4 members (excludes halogenated alkanes) is 6. The number of nitrogens with zero attached hydrogens (tertiary/aromatic N) is 1. The van der Waals surface area contributed by atoms with E-state index >= 15 is 0 Å².